The molecule has 2 N–H and O–H groups in total. The van der Waals surface area contributed by atoms with E-state index in [1.807, 2.05) is 19.1 Å². The van der Waals surface area contributed by atoms with E-state index in [4.69, 9.17) is 4.42 Å². The largest absolute Gasteiger partial charge is 0.441 e. The highest BCUT2D eigenvalue weighted by Gasteiger charge is 2.11. The molecule has 0 saturated carbocycles. The van der Waals surface area contributed by atoms with Crippen molar-refractivity contribution in [2.75, 3.05) is 11.1 Å². The number of hydrogen-bond donors (Lipinski definition) is 2. The molecule has 0 atom stereocenters. The highest BCUT2D eigenvalue weighted by atomic mass is 32.2. The van der Waals surface area contributed by atoms with Gasteiger partial charge in [-0.2, -0.15) is 4.98 Å². The van der Waals surface area contributed by atoms with Gasteiger partial charge in [-0.1, -0.05) is 56.8 Å². The van der Waals surface area contributed by atoms with Crippen LogP contribution in [0.3, 0.4) is 0 Å². The predicted molar refractivity (Wildman–Crippen MR) is 106 cm³/mol. The second-order valence-electron chi connectivity index (χ2n) is 6.34. The first kappa shape index (κ1) is 19.2. The molecule has 1 amide bonds. The van der Waals surface area contributed by atoms with E-state index < -0.39 is 0 Å². The first-order valence-electron chi connectivity index (χ1n) is 8.95. The summed E-state index contributed by atoms with van der Waals surface area (Å²) in [5, 5.41) is 10.0. The van der Waals surface area contributed by atoms with Crippen LogP contribution in [0.25, 0.3) is 11.3 Å². The van der Waals surface area contributed by atoms with Gasteiger partial charge in [0.1, 0.15) is 0 Å². The normalized spacial score (nSPS) is 11.1. The van der Waals surface area contributed by atoms with Gasteiger partial charge in [-0.25, -0.2) is 10.1 Å². The second-order valence-corrected chi connectivity index (χ2v) is 7.57. The number of nitrogens with one attached hydrogen (secondary N) is 2. The fourth-order valence-electron chi connectivity index (χ4n) is 2.50. The van der Waals surface area contributed by atoms with Gasteiger partial charge < -0.3 is 4.42 Å². The van der Waals surface area contributed by atoms with Crippen molar-refractivity contribution in [2.45, 2.75) is 44.7 Å². The number of benzene rings is 1. The number of rotatable bonds is 8. The quantitative estimate of drug-likeness (QED) is 0.562. The Bertz CT molecular complexity index is 886. The lowest BCUT2D eigenvalue weighted by Crippen LogP contribution is -2.13. The molecule has 1 aromatic carbocycles. The van der Waals surface area contributed by atoms with Crippen LogP contribution in [0.1, 0.15) is 44.6 Å². The number of H-pyrrole nitrogens is 1. The molecule has 3 aromatic rings. The topological polar surface area (TPSA) is 96.7 Å². The van der Waals surface area contributed by atoms with E-state index in [2.05, 4.69) is 51.5 Å². The van der Waals surface area contributed by atoms with Crippen LogP contribution >= 0.6 is 11.8 Å². The first-order chi connectivity index (χ1) is 13.0. The summed E-state index contributed by atoms with van der Waals surface area (Å²) in [5.74, 6) is 2.79. The van der Waals surface area contributed by atoms with Gasteiger partial charge in [0.2, 0.25) is 17.0 Å². The van der Waals surface area contributed by atoms with Crippen molar-refractivity contribution in [3.8, 4) is 11.3 Å². The van der Waals surface area contributed by atoms with Gasteiger partial charge in [-0.15, -0.1) is 5.10 Å². The fraction of sp³-hybridized carbons (Fsp3) is 0.368. The molecule has 0 radical (unpaired) electrons. The Morgan fingerprint density at radius 3 is 2.78 bits per heavy atom. The van der Waals surface area contributed by atoms with Crippen LogP contribution in [0.4, 0.5) is 5.95 Å². The van der Waals surface area contributed by atoms with Crippen molar-refractivity contribution in [2.24, 2.45) is 0 Å². The fourth-order valence-corrected chi connectivity index (χ4v) is 3.03. The maximum absolute atomic E-state index is 12.1. The van der Waals surface area contributed by atoms with Gasteiger partial charge in [0, 0.05) is 18.4 Å². The number of hydrogen-bond acceptors (Lipinski definition) is 6. The second kappa shape index (κ2) is 8.85. The van der Waals surface area contributed by atoms with Crippen LogP contribution in [0.5, 0.6) is 0 Å². The van der Waals surface area contributed by atoms with E-state index in [9.17, 15) is 4.79 Å². The number of carbonyl (C=O) groups is 1. The zero-order valence-corrected chi connectivity index (χ0v) is 16.5. The molecule has 0 aliphatic carbocycles. The zero-order valence-electron chi connectivity index (χ0n) is 15.7. The van der Waals surface area contributed by atoms with E-state index in [-0.39, 0.29) is 12.3 Å². The van der Waals surface area contributed by atoms with E-state index in [1.165, 1.54) is 17.3 Å². The minimum atomic E-state index is -0.166. The van der Waals surface area contributed by atoms with Crippen LogP contribution in [0.15, 0.2) is 40.0 Å². The lowest BCUT2D eigenvalue weighted by atomic mass is 10.0. The number of oxazole rings is 1. The number of amides is 1. The molecule has 0 bridgehead atoms. The molecule has 8 heteroatoms. The van der Waals surface area contributed by atoms with E-state index in [0.29, 0.717) is 35.1 Å². The van der Waals surface area contributed by atoms with Crippen molar-refractivity contribution in [3.63, 3.8) is 0 Å². The van der Waals surface area contributed by atoms with E-state index >= 15 is 0 Å². The minimum absolute atomic E-state index is 0.166. The predicted octanol–water partition coefficient (Wildman–Crippen LogP) is 4.27. The van der Waals surface area contributed by atoms with Crippen molar-refractivity contribution in [3.05, 3.63) is 41.9 Å². The third-order valence-electron chi connectivity index (χ3n) is 3.98. The third kappa shape index (κ3) is 5.19. The molecule has 0 unspecified atom stereocenters. The Balaban J connectivity index is 1.53. The van der Waals surface area contributed by atoms with Crippen LogP contribution < -0.4 is 5.32 Å². The smallest absolute Gasteiger partial charge is 0.227 e. The summed E-state index contributed by atoms with van der Waals surface area (Å²) < 4.78 is 5.78. The monoisotopic (exact) mass is 385 g/mol. The Kier molecular flexibility index (Phi) is 6.28. The molecule has 0 spiro atoms. The third-order valence-corrected chi connectivity index (χ3v) is 4.71. The Labute approximate surface area is 162 Å². The van der Waals surface area contributed by atoms with Crippen molar-refractivity contribution < 1.29 is 9.21 Å². The summed E-state index contributed by atoms with van der Waals surface area (Å²) in [5.41, 5.74) is 2.26. The zero-order chi connectivity index (χ0) is 19.2. The Morgan fingerprint density at radius 1 is 1.30 bits per heavy atom. The van der Waals surface area contributed by atoms with Crippen LogP contribution in [-0.2, 0) is 11.2 Å². The van der Waals surface area contributed by atoms with E-state index in [0.717, 1.165) is 11.3 Å². The molecule has 142 valence electrons. The molecule has 0 fully saturated rings. The summed E-state index contributed by atoms with van der Waals surface area (Å²) in [6, 6.07) is 8.25. The molecule has 0 aliphatic heterocycles. The lowest BCUT2D eigenvalue weighted by molar-refractivity contribution is -0.116. The van der Waals surface area contributed by atoms with Gasteiger partial charge in [-0.05, 0) is 17.2 Å². The molecule has 0 saturated heterocycles. The number of nitrogens with zero attached hydrogens (tertiary/aromatic N) is 3. The van der Waals surface area contributed by atoms with Gasteiger partial charge in [0.15, 0.2) is 11.7 Å². The van der Waals surface area contributed by atoms with E-state index in [1.54, 1.807) is 6.20 Å². The summed E-state index contributed by atoms with van der Waals surface area (Å²) in [4.78, 5) is 20.5. The van der Waals surface area contributed by atoms with Crippen LogP contribution in [0, 0.1) is 0 Å². The maximum atomic E-state index is 12.1. The molecule has 27 heavy (non-hydrogen) atoms. The number of aryl methyl sites for hydroxylation is 1. The molecular weight excluding hydrogens is 362 g/mol. The standard InChI is InChI=1S/C19H23N5O2S/c1-4-27-19-22-18(23-24-19)21-16(25)9-10-17-20-11-15(26-17)14-7-5-13(6-8-14)12(2)3/h5-8,11-12H,4,9-10H2,1-3H3,(H2,21,22,23,24,25). The minimum Gasteiger partial charge on any atom is -0.441 e. The first-order valence-corrected chi connectivity index (χ1v) is 9.93. The number of aromatic nitrogens is 4. The summed E-state index contributed by atoms with van der Waals surface area (Å²) in [7, 11) is 0. The molecular formula is C19H23N5O2S. The van der Waals surface area contributed by atoms with Gasteiger partial charge >= 0.3 is 0 Å². The molecule has 0 aliphatic rings. The van der Waals surface area contributed by atoms with Crippen LogP contribution in [-0.4, -0.2) is 31.8 Å². The summed E-state index contributed by atoms with van der Waals surface area (Å²) in [6.07, 6.45) is 2.37. The number of anilines is 1. The number of carbonyl (C=O) groups excluding carboxylic acids is 1. The van der Waals surface area contributed by atoms with Crippen molar-refractivity contribution in [1.29, 1.82) is 0 Å². The molecule has 7 nitrogen and oxygen atoms in total. The number of thioether (sulfide) groups is 1. The van der Waals surface area contributed by atoms with Gasteiger partial charge in [-0.3, -0.25) is 10.1 Å². The maximum Gasteiger partial charge on any atom is 0.227 e. The average Bonchev–Trinajstić information content (AvgIpc) is 3.30. The highest BCUT2D eigenvalue weighted by molar-refractivity contribution is 7.99. The van der Waals surface area contributed by atoms with Crippen molar-refractivity contribution >= 4 is 23.6 Å². The average molecular weight is 385 g/mol. The summed E-state index contributed by atoms with van der Waals surface area (Å²) in [6.45, 7) is 6.34. The highest BCUT2D eigenvalue weighted by Crippen LogP contribution is 2.23. The Morgan fingerprint density at radius 2 is 2.07 bits per heavy atom. The lowest BCUT2D eigenvalue weighted by Gasteiger charge is -2.05. The summed E-state index contributed by atoms with van der Waals surface area (Å²) >= 11 is 1.51. The molecule has 2 aromatic heterocycles. The van der Waals surface area contributed by atoms with Crippen molar-refractivity contribution in [1.82, 2.24) is 20.2 Å². The Hall–Kier alpha value is -2.61. The molecule has 3 rings (SSSR count). The van der Waals surface area contributed by atoms with Gasteiger partial charge in [0.25, 0.3) is 0 Å². The van der Waals surface area contributed by atoms with Gasteiger partial charge in [0.05, 0.1) is 6.20 Å². The van der Waals surface area contributed by atoms with Crippen LogP contribution in [0.2, 0.25) is 0 Å². The molecule has 2 heterocycles. The SMILES string of the molecule is CCSc1n[nH]c(NC(=O)CCc2ncc(-c3ccc(C(C)C)cc3)o2)n1. The number of aromatic amines is 1.